The molecule has 5 heteroatoms. The Morgan fingerprint density at radius 1 is 1.30 bits per heavy atom. The number of ether oxygens (including phenoxy) is 1. The van der Waals surface area contributed by atoms with Gasteiger partial charge in [-0.2, -0.15) is 0 Å². The maximum absolute atomic E-state index is 13.4. The second-order valence-electron chi connectivity index (χ2n) is 4.36. The number of carbonyl (C=O) groups is 1. The number of nitrogen functional groups attached to an aromatic ring is 1. The Bertz CT molecular complexity index is 656. The number of hydrogen-bond acceptors (Lipinski definition) is 3. The van der Waals surface area contributed by atoms with Gasteiger partial charge in [-0.05, 0) is 36.8 Å². The lowest BCUT2D eigenvalue weighted by Gasteiger charge is -2.12. The molecule has 0 radical (unpaired) electrons. The molecule has 0 aliphatic heterocycles. The van der Waals surface area contributed by atoms with Crippen LogP contribution in [0.5, 0.6) is 5.75 Å². The van der Waals surface area contributed by atoms with Gasteiger partial charge >= 0.3 is 0 Å². The SMILES string of the molecule is COc1ccc(C)cc1NC(=O)c1cccc(F)c1N. The average Bonchev–Trinajstić information content (AvgIpc) is 2.42. The topological polar surface area (TPSA) is 64.3 Å². The molecule has 0 heterocycles. The van der Waals surface area contributed by atoms with E-state index in [1.165, 1.54) is 25.3 Å². The van der Waals surface area contributed by atoms with Crippen molar-refractivity contribution in [3.05, 3.63) is 53.3 Å². The van der Waals surface area contributed by atoms with Crippen molar-refractivity contribution in [3.63, 3.8) is 0 Å². The Kier molecular flexibility index (Phi) is 3.89. The lowest BCUT2D eigenvalue weighted by Crippen LogP contribution is -2.15. The molecule has 20 heavy (non-hydrogen) atoms. The van der Waals surface area contributed by atoms with Crippen LogP contribution in [0.2, 0.25) is 0 Å². The Hall–Kier alpha value is -2.56. The maximum Gasteiger partial charge on any atom is 0.257 e. The van der Waals surface area contributed by atoms with E-state index < -0.39 is 11.7 Å². The second kappa shape index (κ2) is 5.61. The fourth-order valence-electron chi connectivity index (χ4n) is 1.84. The fraction of sp³-hybridized carbons (Fsp3) is 0.133. The van der Waals surface area contributed by atoms with Crippen LogP contribution in [0.4, 0.5) is 15.8 Å². The number of amides is 1. The summed E-state index contributed by atoms with van der Waals surface area (Å²) in [5, 5.41) is 2.68. The van der Waals surface area contributed by atoms with Gasteiger partial charge in [0.25, 0.3) is 5.91 Å². The monoisotopic (exact) mass is 274 g/mol. The Labute approximate surface area is 116 Å². The number of rotatable bonds is 3. The molecule has 4 nitrogen and oxygen atoms in total. The normalized spacial score (nSPS) is 10.2. The van der Waals surface area contributed by atoms with E-state index in [0.29, 0.717) is 11.4 Å². The molecule has 0 saturated carbocycles. The molecular weight excluding hydrogens is 259 g/mol. The van der Waals surface area contributed by atoms with Crippen molar-refractivity contribution in [2.24, 2.45) is 0 Å². The van der Waals surface area contributed by atoms with Crippen LogP contribution >= 0.6 is 0 Å². The van der Waals surface area contributed by atoms with Crippen LogP contribution in [-0.2, 0) is 0 Å². The van der Waals surface area contributed by atoms with Gasteiger partial charge in [-0.3, -0.25) is 4.79 Å². The summed E-state index contributed by atoms with van der Waals surface area (Å²) < 4.78 is 18.5. The summed E-state index contributed by atoms with van der Waals surface area (Å²) in [6.07, 6.45) is 0. The van der Waals surface area contributed by atoms with Gasteiger partial charge in [-0.25, -0.2) is 4.39 Å². The number of para-hydroxylation sites is 1. The predicted octanol–water partition coefficient (Wildman–Crippen LogP) is 2.98. The molecule has 0 spiro atoms. The zero-order chi connectivity index (χ0) is 14.7. The zero-order valence-corrected chi connectivity index (χ0v) is 11.2. The summed E-state index contributed by atoms with van der Waals surface area (Å²) in [5.74, 6) is -0.571. The van der Waals surface area contributed by atoms with E-state index in [4.69, 9.17) is 10.5 Å². The quantitative estimate of drug-likeness (QED) is 0.846. The first-order valence-corrected chi connectivity index (χ1v) is 6.03. The van der Waals surface area contributed by atoms with E-state index in [-0.39, 0.29) is 11.3 Å². The first-order chi connectivity index (χ1) is 9.52. The van der Waals surface area contributed by atoms with E-state index in [2.05, 4.69) is 5.32 Å². The van der Waals surface area contributed by atoms with E-state index in [1.807, 2.05) is 13.0 Å². The lowest BCUT2D eigenvalue weighted by atomic mass is 10.1. The third-order valence-electron chi connectivity index (χ3n) is 2.90. The van der Waals surface area contributed by atoms with Crippen molar-refractivity contribution in [2.75, 3.05) is 18.2 Å². The van der Waals surface area contributed by atoms with Gasteiger partial charge in [0.05, 0.1) is 24.0 Å². The minimum absolute atomic E-state index is 0.0913. The van der Waals surface area contributed by atoms with Gasteiger partial charge in [0.15, 0.2) is 0 Å². The molecule has 0 unspecified atom stereocenters. The smallest absolute Gasteiger partial charge is 0.257 e. The van der Waals surface area contributed by atoms with E-state index >= 15 is 0 Å². The maximum atomic E-state index is 13.4. The number of nitrogens with two attached hydrogens (primary N) is 1. The first kappa shape index (κ1) is 13.9. The number of hydrogen-bond donors (Lipinski definition) is 2. The average molecular weight is 274 g/mol. The molecule has 0 atom stereocenters. The van der Waals surface area contributed by atoms with Crippen molar-refractivity contribution < 1.29 is 13.9 Å². The lowest BCUT2D eigenvalue weighted by molar-refractivity contribution is 0.102. The number of methoxy groups -OCH3 is 1. The molecule has 0 aliphatic rings. The Morgan fingerprint density at radius 3 is 2.75 bits per heavy atom. The van der Waals surface area contributed by atoms with Gasteiger partial charge < -0.3 is 15.8 Å². The van der Waals surface area contributed by atoms with Gasteiger partial charge in [0.2, 0.25) is 0 Å². The van der Waals surface area contributed by atoms with Crippen LogP contribution in [0.1, 0.15) is 15.9 Å². The molecule has 3 N–H and O–H groups in total. The molecule has 0 bridgehead atoms. The van der Waals surface area contributed by atoms with Gasteiger partial charge in [-0.15, -0.1) is 0 Å². The summed E-state index contributed by atoms with van der Waals surface area (Å²) in [6, 6.07) is 9.50. The van der Waals surface area contributed by atoms with Crippen LogP contribution in [0.15, 0.2) is 36.4 Å². The summed E-state index contributed by atoms with van der Waals surface area (Å²) in [6.45, 7) is 1.89. The Morgan fingerprint density at radius 2 is 2.05 bits per heavy atom. The van der Waals surface area contributed by atoms with Crippen LogP contribution in [-0.4, -0.2) is 13.0 Å². The predicted molar refractivity (Wildman–Crippen MR) is 76.5 cm³/mol. The van der Waals surface area contributed by atoms with Crippen molar-refractivity contribution in [3.8, 4) is 5.75 Å². The number of anilines is 2. The number of aryl methyl sites for hydroxylation is 1. The summed E-state index contributed by atoms with van der Waals surface area (Å²) >= 11 is 0. The van der Waals surface area contributed by atoms with Crippen LogP contribution in [0, 0.1) is 12.7 Å². The molecule has 2 aromatic rings. The highest BCUT2D eigenvalue weighted by Gasteiger charge is 2.14. The number of carbonyl (C=O) groups excluding carboxylic acids is 1. The molecule has 2 rings (SSSR count). The highest BCUT2D eigenvalue weighted by molar-refractivity contribution is 6.08. The molecule has 2 aromatic carbocycles. The number of benzene rings is 2. The summed E-state index contributed by atoms with van der Waals surface area (Å²) in [7, 11) is 1.51. The molecule has 104 valence electrons. The fourth-order valence-corrected chi connectivity index (χ4v) is 1.84. The molecular formula is C15H15FN2O2. The number of halogens is 1. The third kappa shape index (κ3) is 2.71. The molecule has 0 aromatic heterocycles. The molecule has 1 amide bonds. The molecule has 0 fully saturated rings. The minimum atomic E-state index is -0.617. The number of nitrogens with one attached hydrogen (secondary N) is 1. The zero-order valence-electron chi connectivity index (χ0n) is 11.2. The van der Waals surface area contributed by atoms with Crippen molar-refractivity contribution in [1.29, 1.82) is 0 Å². The highest BCUT2D eigenvalue weighted by atomic mass is 19.1. The van der Waals surface area contributed by atoms with Crippen molar-refractivity contribution in [1.82, 2.24) is 0 Å². The van der Waals surface area contributed by atoms with Gasteiger partial charge in [0, 0.05) is 0 Å². The largest absolute Gasteiger partial charge is 0.495 e. The van der Waals surface area contributed by atoms with Crippen molar-refractivity contribution in [2.45, 2.75) is 6.92 Å². The van der Waals surface area contributed by atoms with Crippen molar-refractivity contribution >= 4 is 17.3 Å². The Balaban J connectivity index is 2.32. The van der Waals surface area contributed by atoms with Crippen LogP contribution in [0.25, 0.3) is 0 Å². The van der Waals surface area contributed by atoms with Crippen LogP contribution < -0.4 is 15.8 Å². The first-order valence-electron chi connectivity index (χ1n) is 6.03. The van der Waals surface area contributed by atoms with E-state index in [1.54, 1.807) is 12.1 Å². The van der Waals surface area contributed by atoms with Crippen LogP contribution in [0.3, 0.4) is 0 Å². The minimum Gasteiger partial charge on any atom is -0.495 e. The van der Waals surface area contributed by atoms with E-state index in [0.717, 1.165) is 5.56 Å². The molecule has 0 aliphatic carbocycles. The summed E-state index contributed by atoms with van der Waals surface area (Å²) in [4.78, 5) is 12.2. The summed E-state index contributed by atoms with van der Waals surface area (Å²) in [5.41, 5.74) is 6.97. The standard InChI is InChI=1S/C15H15FN2O2/c1-9-6-7-13(20-2)12(8-9)18-15(19)10-4-3-5-11(16)14(10)17/h3-8H,17H2,1-2H3,(H,18,19). The van der Waals surface area contributed by atoms with Gasteiger partial charge in [0.1, 0.15) is 11.6 Å². The highest BCUT2D eigenvalue weighted by Crippen LogP contribution is 2.26. The molecule has 0 saturated heterocycles. The van der Waals surface area contributed by atoms with Gasteiger partial charge in [-0.1, -0.05) is 12.1 Å². The van der Waals surface area contributed by atoms with E-state index in [9.17, 15) is 9.18 Å². The third-order valence-corrected chi connectivity index (χ3v) is 2.90. The second-order valence-corrected chi connectivity index (χ2v) is 4.36.